The second-order valence-corrected chi connectivity index (χ2v) is 7.29. The number of fused-ring (bicyclic) bond motifs is 1. The molecule has 0 amide bonds. The zero-order valence-corrected chi connectivity index (χ0v) is 16.2. The van der Waals surface area contributed by atoms with Crippen LogP contribution in [0.2, 0.25) is 6.82 Å². The van der Waals surface area contributed by atoms with E-state index in [1.54, 1.807) is 20.1 Å². The van der Waals surface area contributed by atoms with E-state index in [1.807, 2.05) is 24.3 Å². The number of nitrogens with zero attached hydrogens (tertiary/aromatic N) is 2. The minimum absolute atomic E-state index is 0.350. The van der Waals surface area contributed by atoms with Gasteiger partial charge in [-0.1, -0.05) is 25.0 Å². The second kappa shape index (κ2) is 7.77. The van der Waals surface area contributed by atoms with E-state index in [2.05, 4.69) is 16.3 Å². The van der Waals surface area contributed by atoms with Crippen LogP contribution in [-0.2, 0) is 4.74 Å². The Morgan fingerprint density at radius 3 is 2.71 bits per heavy atom. The summed E-state index contributed by atoms with van der Waals surface area (Å²) in [5, 5.41) is 20.0. The van der Waals surface area contributed by atoms with Gasteiger partial charge in [-0.3, -0.25) is 0 Å². The van der Waals surface area contributed by atoms with Crippen molar-refractivity contribution in [3.63, 3.8) is 0 Å². The van der Waals surface area contributed by atoms with Crippen LogP contribution in [0.1, 0.15) is 24.3 Å². The van der Waals surface area contributed by atoms with Crippen LogP contribution in [0, 0.1) is 0 Å². The summed E-state index contributed by atoms with van der Waals surface area (Å²) in [6.07, 6.45) is 3.60. The molecule has 0 aliphatic carbocycles. The second-order valence-electron chi connectivity index (χ2n) is 7.29. The number of nitrogen functional groups attached to an aromatic ring is 1. The van der Waals surface area contributed by atoms with Gasteiger partial charge in [-0.2, -0.15) is 5.10 Å². The molecular formula is C21H24BN3O3. The highest BCUT2D eigenvalue weighted by Crippen LogP contribution is 2.40. The van der Waals surface area contributed by atoms with E-state index in [9.17, 15) is 5.02 Å². The Labute approximate surface area is 164 Å². The summed E-state index contributed by atoms with van der Waals surface area (Å²) in [6, 6.07) is 10.1. The van der Waals surface area contributed by atoms with Crippen LogP contribution in [0.25, 0.3) is 21.9 Å². The highest BCUT2D eigenvalue weighted by Gasteiger charge is 2.24. The number of methoxy groups -OCH3 is 1. The monoisotopic (exact) mass is 377 g/mol. The molecule has 28 heavy (non-hydrogen) atoms. The maximum absolute atomic E-state index is 10.3. The lowest BCUT2D eigenvalue weighted by Gasteiger charge is -2.26. The van der Waals surface area contributed by atoms with E-state index in [1.165, 1.54) is 0 Å². The van der Waals surface area contributed by atoms with Crippen LogP contribution in [0.4, 0.5) is 5.82 Å². The Morgan fingerprint density at radius 1 is 1.21 bits per heavy atom. The predicted molar refractivity (Wildman–Crippen MR) is 112 cm³/mol. The lowest BCUT2D eigenvalue weighted by molar-refractivity contribution is 0.0848. The quantitative estimate of drug-likeness (QED) is 0.680. The third-order valence-corrected chi connectivity index (χ3v) is 5.49. The summed E-state index contributed by atoms with van der Waals surface area (Å²) in [6.45, 7) is 2.72. The largest absolute Gasteiger partial charge is 0.496 e. The molecule has 144 valence electrons. The van der Waals surface area contributed by atoms with Crippen molar-refractivity contribution in [2.45, 2.75) is 25.6 Å². The van der Waals surface area contributed by atoms with Crippen LogP contribution in [0.15, 0.2) is 36.5 Å². The van der Waals surface area contributed by atoms with Crippen LogP contribution in [0.5, 0.6) is 5.75 Å². The molecule has 1 aromatic heterocycles. The van der Waals surface area contributed by atoms with Gasteiger partial charge in [0, 0.05) is 29.5 Å². The molecule has 0 spiro atoms. The number of ether oxygens (including phenoxy) is 2. The SMILES string of the molecule is COc1c(-c2ccc3c(N)nncc3c2)cc(B(C)O)cc1C1CCOCC1. The Bertz CT molecular complexity index is 1000. The highest BCUT2D eigenvalue weighted by atomic mass is 16.5. The average molecular weight is 377 g/mol. The van der Waals surface area contributed by atoms with Crippen molar-refractivity contribution >= 4 is 29.0 Å². The summed E-state index contributed by atoms with van der Waals surface area (Å²) < 4.78 is 11.4. The molecule has 0 unspecified atom stereocenters. The molecule has 7 heteroatoms. The number of rotatable bonds is 4. The molecule has 0 saturated carbocycles. The van der Waals surface area contributed by atoms with Crippen molar-refractivity contribution in [3.05, 3.63) is 42.1 Å². The first kappa shape index (κ1) is 18.7. The fraction of sp³-hybridized carbons (Fsp3) is 0.333. The van der Waals surface area contributed by atoms with Crippen molar-refractivity contribution in [1.29, 1.82) is 0 Å². The first-order valence-corrected chi connectivity index (χ1v) is 9.57. The van der Waals surface area contributed by atoms with E-state index in [0.717, 1.165) is 64.7 Å². The van der Waals surface area contributed by atoms with Gasteiger partial charge in [-0.15, -0.1) is 5.10 Å². The van der Waals surface area contributed by atoms with Gasteiger partial charge < -0.3 is 20.2 Å². The number of anilines is 1. The lowest BCUT2D eigenvalue weighted by atomic mass is 9.63. The molecule has 0 radical (unpaired) electrons. The van der Waals surface area contributed by atoms with Crippen molar-refractivity contribution in [2.24, 2.45) is 0 Å². The van der Waals surface area contributed by atoms with E-state index in [0.29, 0.717) is 11.7 Å². The molecule has 2 heterocycles. The first-order valence-electron chi connectivity index (χ1n) is 9.57. The van der Waals surface area contributed by atoms with Crippen LogP contribution < -0.4 is 15.9 Å². The highest BCUT2D eigenvalue weighted by molar-refractivity contribution is 6.65. The number of hydrogen-bond acceptors (Lipinski definition) is 6. The Hall–Kier alpha value is -2.64. The van der Waals surface area contributed by atoms with Crippen molar-refractivity contribution < 1.29 is 14.5 Å². The molecule has 1 aliphatic rings. The number of benzene rings is 2. The average Bonchev–Trinajstić information content (AvgIpc) is 2.73. The zero-order valence-electron chi connectivity index (χ0n) is 16.2. The first-order chi connectivity index (χ1) is 13.6. The Kier molecular flexibility index (Phi) is 5.20. The minimum Gasteiger partial charge on any atom is -0.496 e. The molecule has 2 aromatic carbocycles. The molecule has 0 atom stereocenters. The Morgan fingerprint density at radius 2 is 2.00 bits per heavy atom. The van der Waals surface area contributed by atoms with Crippen molar-refractivity contribution in [3.8, 4) is 16.9 Å². The molecule has 6 nitrogen and oxygen atoms in total. The number of aromatic nitrogens is 2. The summed E-state index contributed by atoms with van der Waals surface area (Å²) in [5.74, 6) is 1.62. The molecule has 0 bridgehead atoms. The van der Waals surface area contributed by atoms with Crippen LogP contribution in [-0.4, -0.2) is 42.5 Å². The van der Waals surface area contributed by atoms with Gasteiger partial charge in [0.05, 0.1) is 13.3 Å². The van der Waals surface area contributed by atoms with Crippen LogP contribution >= 0.6 is 0 Å². The molecular weight excluding hydrogens is 353 g/mol. The van der Waals surface area contributed by atoms with Gasteiger partial charge in [-0.05, 0) is 47.5 Å². The number of nitrogens with two attached hydrogens (primary N) is 1. The third kappa shape index (κ3) is 3.43. The summed E-state index contributed by atoms with van der Waals surface area (Å²) in [7, 11) is 1.70. The minimum atomic E-state index is -0.565. The zero-order chi connectivity index (χ0) is 19.7. The van der Waals surface area contributed by atoms with Gasteiger partial charge in [0.15, 0.2) is 5.82 Å². The van der Waals surface area contributed by atoms with Crippen molar-refractivity contribution in [2.75, 3.05) is 26.1 Å². The molecule has 1 fully saturated rings. The fourth-order valence-corrected chi connectivity index (χ4v) is 3.95. The molecule has 4 rings (SSSR count). The third-order valence-electron chi connectivity index (χ3n) is 5.49. The topological polar surface area (TPSA) is 90.5 Å². The van der Waals surface area contributed by atoms with E-state index < -0.39 is 6.92 Å². The van der Waals surface area contributed by atoms with Crippen LogP contribution in [0.3, 0.4) is 0 Å². The normalized spacial score (nSPS) is 15.0. The summed E-state index contributed by atoms with van der Waals surface area (Å²) in [4.78, 5) is 0. The predicted octanol–water partition coefficient (Wildman–Crippen LogP) is 2.60. The van der Waals surface area contributed by atoms with Gasteiger partial charge in [0.2, 0.25) is 0 Å². The van der Waals surface area contributed by atoms with Gasteiger partial charge in [0.25, 0.3) is 0 Å². The molecule has 3 aromatic rings. The Balaban J connectivity index is 1.90. The van der Waals surface area contributed by atoms with E-state index >= 15 is 0 Å². The van der Waals surface area contributed by atoms with Gasteiger partial charge in [0.1, 0.15) is 5.75 Å². The maximum Gasteiger partial charge on any atom is 0.320 e. The summed E-state index contributed by atoms with van der Waals surface area (Å²) >= 11 is 0. The lowest BCUT2D eigenvalue weighted by Crippen LogP contribution is -2.28. The fourth-order valence-electron chi connectivity index (χ4n) is 3.95. The van der Waals surface area contributed by atoms with E-state index in [4.69, 9.17) is 15.2 Å². The van der Waals surface area contributed by atoms with Gasteiger partial charge in [-0.25, -0.2) is 0 Å². The molecule has 1 saturated heterocycles. The standard InChI is InChI=1S/C21H24BN3O3/c1-22(26)16-10-18(13-5-7-28-8-6-13)20(27-2)19(11-16)14-3-4-17-15(9-14)12-24-25-21(17)23/h3-4,9-13,26H,5-8H2,1-2H3,(H2,23,25). The van der Waals surface area contributed by atoms with E-state index in [-0.39, 0.29) is 0 Å². The maximum atomic E-state index is 10.3. The summed E-state index contributed by atoms with van der Waals surface area (Å²) in [5.41, 5.74) is 9.91. The van der Waals surface area contributed by atoms with Crippen molar-refractivity contribution in [1.82, 2.24) is 10.2 Å². The smallest absolute Gasteiger partial charge is 0.320 e. The van der Waals surface area contributed by atoms with Gasteiger partial charge >= 0.3 is 6.92 Å². The molecule has 1 aliphatic heterocycles. The molecule has 3 N–H and O–H groups in total. The number of hydrogen-bond donors (Lipinski definition) is 2.